The first-order chi connectivity index (χ1) is 6.66. The average Bonchev–Trinajstić information content (AvgIpc) is 3.00. The number of hydrogen-bond donors (Lipinski definition) is 1. The van der Waals surface area contributed by atoms with Crippen molar-refractivity contribution in [1.29, 1.82) is 5.26 Å². The number of hydroxylamine groups is 2. The standard InChI is InChI=1S/C11H14N2O/c1-11(8-12,9-4-5-9)10-3-2-6-13(14)7-10/h2-3,6,9,14H,4-5,7H2,1H3. The van der Waals surface area contributed by atoms with E-state index in [1.54, 1.807) is 12.3 Å². The second-order valence-corrected chi connectivity index (χ2v) is 4.22. The van der Waals surface area contributed by atoms with E-state index in [1.807, 2.05) is 13.0 Å². The van der Waals surface area contributed by atoms with Crippen molar-refractivity contribution in [3.8, 4) is 6.07 Å². The molecule has 1 N–H and O–H groups in total. The van der Waals surface area contributed by atoms with Gasteiger partial charge in [-0.1, -0.05) is 6.08 Å². The predicted octanol–water partition coefficient (Wildman–Crippen LogP) is 2.07. The van der Waals surface area contributed by atoms with Crippen molar-refractivity contribution >= 4 is 0 Å². The second-order valence-electron chi connectivity index (χ2n) is 4.22. The summed E-state index contributed by atoms with van der Waals surface area (Å²) in [5.74, 6) is 0.485. The van der Waals surface area contributed by atoms with E-state index in [1.165, 1.54) is 0 Å². The zero-order valence-electron chi connectivity index (χ0n) is 8.27. The first-order valence-corrected chi connectivity index (χ1v) is 4.91. The van der Waals surface area contributed by atoms with Gasteiger partial charge in [-0.25, -0.2) is 0 Å². The molecule has 0 radical (unpaired) electrons. The van der Waals surface area contributed by atoms with E-state index in [4.69, 9.17) is 0 Å². The monoisotopic (exact) mass is 190 g/mol. The molecule has 2 rings (SSSR count). The summed E-state index contributed by atoms with van der Waals surface area (Å²) >= 11 is 0. The minimum absolute atomic E-state index is 0.383. The zero-order valence-corrected chi connectivity index (χ0v) is 8.27. The second kappa shape index (κ2) is 3.14. The quantitative estimate of drug-likeness (QED) is 0.725. The van der Waals surface area contributed by atoms with Crippen LogP contribution >= 0.6 is 0 Å². The first kappa shape index (κ1) is 9.29. The topological polar surface area (TPSA) is 47.3 Å². The summed E-state index contributed by atoms with van der Waals surface area (Å²) in [6.07, 6.45) is 7.62. The third kappa shape index (κ3) is 1.42. The van der Waals surface area contributed by atoms with Gasteiger partial charge in [-0.2, -0.15) is 5.26 Å². The van der Waals surface area contributed by atoms with E-state index in [-0.39, 0.29) is 5.41 Å². The first-order valence-electron chi connectivity index (χ1n) is 4.91. The lowest BCUT2D eigenvalue weighted by atomic mass is 9.78. The number of hydrogen-bond acceptors (Lipinski definition) is 3. The number of allylic oxidation sites excluding steroid dienone is 2. The molecule has 1 aliphatic carbocycles. The van der Waals surface area contributed by atoms with Gasteiger partial charge >= 0.3 is 0 Å². The maximum atomic E-state index is 9.34. The fourth-order valence-electron chi connectivity index (χ4n) is 1.96. The Labute approximate surface area is 83.9 Å². The van der Waals surface area contributed by atoms with Crippen molar-refractivity contribution in [3.05, 3.63) is 23.9 Å². The van der Waals surface area contributed by atoms with Crippen LogP contribution in [0.15, 0.2) is 23.9 Å². The van der Waals surface area contributed by atoms with E-state index in [0.717, 1.165) is 23.5 Å². The lowest BCUT2D eigenvalue weighted by Crippen LogP contribution is -2.29. The maximum absolute atomic E-state index is 9.34. The van der Waals surface area contributed by atoms with Gasteiger partial charge in [-0.15, -0.1) is 0 Å². The van der Waals surface area contributed by atoms with Gasteiger partial charge in [0.1, 0.15) is 0 Å². The van der Waals surface area contributed by atoms with Crippen molar-refractivity contribution in [2.45, 2.75) is 19.8 Å². The molecule has 2 aliphatic rings. The molecule has 14 heavy (non-hydrogen) atoms. The van der Waals surface area contributed by atoms with E-state index in [9.17, 15) is 10.5 Å². The van der Waals surface area contributed by atoms with Crippen molar-refractivity contribution < 1.29 is 5.21 Å². The highest BCUT2D eigenvalue weighted by atomic mass is 16.5. The third-order valence-corrected chi connectivity index (χ3v) is 3.18. The van der Waals surface area contributed by atoms with Crippen molar-refractivity contribution in [2.75, 3.05) is 6.54 Å². The molecule has 1 saturated carbocycles. The van der Waals surface area contributed by atoms with Crippen LogP contribution in [-0.4, -0.2) is 16.8 Å². The van der Waals surface area contributed by atoms with Crippen LogP contribution in [0.4, 0.5) is 0 Å². The van der Waals surface area contributed by atoms with Crippen LogP contribution in [0.5, 0.6) is 0 Å². The Balaban J connectivity index is 2.24. The summed E-state index contributed by atoms with van der Waals surface area (Å²) in [5.41, 5.74) is 0.638. The predicted molar refractivity (Wildman–Crippen MR) is 52.2 cm³/mol. The molecule has 1 atom stereocenters. The lowest BCUT2D eigenvalue weighted by molar-refractivity contribution is -0.0361. The average molecular weight is 190 g/mol. The molecular formula is C11H14N2O. The molecule has 0 spiro atoms. The molecule has 0 amide bonds. The Bertz CT molecular complexity index is 336. The SMILES string of the molecule is CC(C#N)(C1=CC=CN(O)C1)C1CC1. The Morgan fingerprint density at radius 3 is 2.86 bits per heavy atom. The fourth-order valence-corrected chi connectivity index (χ4v) is 1.96. The fraction of sp³-hybridized carbons (Fsp3) is 0.545. The minimum Gasteiger partial charge on any atom is -0.289 e. The molecule has 0 aromatic rings. The van der Waals surface area contributed by atoms with Crippen molar-refractivity contribution in [3.63, 3.8) is 0 Å². The third-order valence-electron chi connectivity index (χ3n) is 3.18. The Morgan fingerprint density at radius 2 is 2.36 bits per heavy atom. The van der Waals surface area contributed by atoms with Gasteiger partial charge in [0.2, 0.25) is 0 Å². The Kier molecular flexibility index (Phi) is 2.09. The van der Waals surface area contributed by atoms with Crippen LogP contribution in [0.3, 0.4) is 0 Å². The van der Waals surface area contributed by atoms with Crippen LogP contribution < -0.4 is 0 Å². The molecule has 0 aromatic heterocycles. The molecule has 0 bridgehead atoms. The maximum Gasteiger partial charge on any atom is 0.0803 e. The van der Waals surface area contributed by atoms with Crippen LogP contribution in [0.1, 0.15) is 19.8 Å². The molecular weight excluding hydrogens is 176 g/mol. The summed E-state index contributed by atoms with van der Waals surface area (Å²) in [6.45, 7) is 2.43. The van der Waals surface area contributed by atoms with Crippen LogP contribution in [0.25, 0.3) is 0 Å². The highest BCUT2D eigenvalue weighted by Crippen LogP contribution is 2.49. The van der Waals surface area contributed by atoms with Crippen LogP contribution in [0, 0.1) is 22.7 Å². The largest absolute Gasteiger partial charge is 0.289 e. The Hall–Kier alpha value is -1.27. The Morgan fingerprint density at radius 1 is 1.64 bits per heavy atom. The lowest BCUT2D eigenvalue weighted by Gasteiger charge is -2.29. The molecule has 3 nitrogen and oxygen atoms in total. The van der Waals surface area contributed by atoms with Gasteiger partial charge in [0.05, 0.1) is 18.0 Å². The molecule has 74 valence electrons. The van der Waals surface area contributed by atoms with E-state index in [0.29, 0.717) is 12.5 Å². The number of nitrogens with zero attached hydrogens (tertiary/aromatic N) is 2. The summed E-state index contributed by atoms with van der Waals surface area (Å²) in [5, 5.41) is 19.7. The normalized spacial score (nSPS) is 25.2. The van der Waals surface area contributed by atoms with E-state index < -0.39 is 0 Å². The van der Waals surface area contributed by atoms with Crippen LogP contribution in [0.2, 0.25) is 0 Å². The summed E-state index contributed by atoms with van der Waals surface area (Å²) < 4.78 is 0. The van der Waals surface area contributed by atoms with Crippen LogP contribution in [-0.2, 0) is 0 Å². The molecule has 1 unspecified atom stereocenters. The van der Waals surface area contributed by atoms with Gasteiger partial charge < -0.3 is 0 Å². The minimum atomic E-state index is -0.383. The van der Waals surface area contributed by atoms with Gasteiger partial charge in [0, 0.05) is 6.20 Å². The highest BCUT2D eigenvalue weighted by molar-refractivity contribution is 5.32. The van der Waals surface area contributed by atoms with Gasteiger partial charge in [-0.3, -0.25) is 10.3 Å². The van der Waals surface area contributed by atoms with Crippen molar-refractivity contribution in [1.82, 2.24) is 5.06 Å². The molecule has 0 aromatic carbocycles. The van der Waals surface area contributed by atoms with E-state index >= 15 is 0 Å². The molecule has 1 fully saturated rings. The van der Waals surface area contributed by atoms with Crippen molar-refractivity contribution in [2.24, 2.45) is 11.3 Å². The summed E-state index contributed by atoms with van der Waals surface area (Å²) in [7, 11) is 0. The van der Waals surface area contributed by atoms with Gasteiger partial charge in [-0.05, 0) is 37.3 Å². The molecule has 3 heteroatoms. The zero-order chi connectivity index (χ0) is 10.2. The molecule has 1 aliphatic heterocycles. The smallest absolute Gasteiger partial charge is 0.0803 e. The molecule has 1 heterocycles. The summed E-state index contributed by atoms with van der Waals surface area (Å²) in [4.78, 5) is 0. The van der Waals surface area contributed by atoms with E-state index in [2.05, 4.69) is 6.07 Å². The number of rotatable bonds is 2. The van der Waals surface area contributed by atoms with Gasteiger partial charge in [0.25, 0.3) is 0 Å². The highest BCUT2D eigenvalue weighted by Gasteiger charge is 2.44. The molecule has 0 saturated heterocycles. The number of nitriles is 1. The summed E-state index contributed by atoms with van der Waals surface area (Å²) in [6, 6.07) is 2.39. The van der Waals surface area contributed by atoms with Gasteiger partial charge in [0.15, 0.2) is 0 Å².